The van der Waals surface area contributed by atoms with Gasteiger partial charge in [-0.05, 0) is 61.0 Å². The molecule has 2 saturated heterocycles. The van der Waals surface area contributed by atoms with Crippen molar-refractivity contribution in [1.82, 2.24) is 15.1 Å². The van der Waals surface area contributed by atoms with Crippen molar-refractivity contribution in [2.75, 3.05) is 45.8 Å². The summed E-state index contributed by atoms with van der Waals surface area (Å²) in [5.74, 6) is 0.422. The summed E-state index contributed by atoms with van der Waals surface area (Å²) in [5, 5.41) is 3.69. The van der Waals surface area contributed by atoms with Crippen molar-refractivity contribution in [1.29, 1.82) is 0 Å². The Balaban J connectivity index is 1.17. The van der Waals surface area contributed by atoms with E-state index in [0.717, 1.165) is 45.6 Å². The second-order valence-electron chi connectivity index (χ2n) is 10.4. The van der Waals surface area contributed by atoms with Crippen molar-refractivity contribution in [3.8, 4) is 0 Å². The first-order valence-electron chi connectivity index (χ1n) is 13.9. The Morgan fingerprint density at radius 2 is 1.31 bits per heavy atom. The fraction of sp³-hybridized carbons (Fsp3) is 0.394. The van der Waals surface area contributed by atoms with Gasteiger partial charge in [-0.2, -0.15) is 0 Å². The van der Waals surface area contributed by atoms with Gasteiger partial charge in [0, 0.05) is 45.2 Å². The molecule has 3 nitrogen and oxygen atoms in total. The van der Waals surface area contributed by atoms with Crippen LogP contribution in [-0.4, -0.2) is 55.6 Å². The number of nitrogens with zero attached hydrogens (tertiary/aromatic N) is 2. The number of nitrogens with one attached hydrogen (secondary N) is 1. The summed E-state index contributed by atoms with van der Waals surface area (Å²) in [7, 11) is 0. The van der Waals surface area contributed by atoms with Gasteiger partial charge in [-0.1, -0.05) is 96.6 Å². The number of hydrogen-bond donors (Lipinski definition) is 1. The summed E-state index contributed by atoms with van der Waals surface area (Å²) < 4.78 is 0. The van der Waals surface area contributed by atoms with Gasteiger partial charge in [0.1, 0.15) is 0 Å². The van der Waals surface area contributed by atoms with Crippen molar-refractivity contribution < 1.29 is 0 Å². The molecule has 0 saturated carbocycles. The molecule has 3 heteroatoms. The molecular weight excluding hydrogens is 438 g/mol. The fourth-order valence-electron chi connectivity index (χ4n) is 5.72. The van der Waals surface area contributed by atoms with Gasteiger partial charge in [-0.25, -0.2) is 0 Å². The molecule has 0 amide bonds. The quantitative estimate of drug-likeness (QED) is 0.350. The Kier molecular flexibility index (Phi) is 9.01. The summed E-state index contributed by atoms with van der Waals surface area (Å²) in [5.41, 5.74) is 7.22. The lowest BCUT2D eigenvalue weighted by Gasteiger charge is -2.32. The Hall–Kier alpha value is -2.72. The lowest BCUT2D eigenvalue weighted by Crippen LogP contribution is -2.34. The zero-order chi connectivity index (χ0) is 24.4. The SMILES string of the molecule is C(=C1CCN(CC(c2ccccc2)c2ccccc2)CC1)c1ccccc1CNCCN1CCCC1. The summed E-state index contributed by atoms with van der Waals surface area (Å²) in [6.07, 6.45) is 7.53. The first-order valence-corrected chi connectivity index (χ1v) is 13.9. The van der Waals surface area contributed by atoms with E-state index in [1.54, 1.807) is 5.57 Å². The summed E-state index contributed by atoms with van der Waals surface area (Å²) in [6, 6.07) is 31.0. The topological polar surface area (TPSA) is 18.5 Å². The van der Waals surface area contributed by atoms with E-state index >= 15 is 0 Å². The predicted molar refractivity (Wildman–Crippen MR) is 152 cm³/mol. The van der Waals surface area contributed by atoms with Crippen LogP contribution in [0.5, 0.6) is 0 Å². The third-order valence-corrected chi connectivity index (χ3v) is 7.88. The smallest absolute Gasteiger partial charge is 0.0217 e. The van der Waals surface area contributed by atoms with Crippen LogP contribution in [0.3, 0.4) is 0 Å². The molecule has 188 valence electrons. The van der Waals surface area contributed by atoms with Crippen molar-refractivity contribution >= 4 is 6.08 Å². The Bertz CT molecular complexity index is 1040. The Morgan fingerprint density at radius 3 is 1.97 bits per heavy atom. The van der Waals surface area contributed by atoms with Gasteiger partial charge < -0.3 is 15.1 Å². The molecule has 0 bridgehead atoms. The number of hydrogen-bond acceptors (Lipinski definition) is 3. The van der Waals surface area contributed by atoms with Crippen molar-refractivity contribution in [2.45, 2.75) is 38.1 Å². The average Bonchev–Trinajstić information content (AvgIpc) is 3.46. The predicted octanol–water partition coefficient (Wildman–Crippen LogP) is 6.18. The van der Waals surface area contributed by atoms with E-state index in [1.807, 2.05) is 0 Å². The first kappa shape index (κ1) is 25.0. The van der Waals surface area contributed by atoms with E-state index in [9.17, 15) is 0 Å². The second-order valence-corrected chi connectivity index (χ2v) is 10.4. The van der Waals surface area contributed by atoms with E-state index in [4.69, 9.17) is 0 Å². The fourth-order valence-corrected chi connectivity index (χ4v) is 5.72. The number of likely N-dealkylation sites (tertiary alicyclic amines) is 2. The zero-order valence-corrected chi connectivity index (χ0v) is 21.6. The van der Waals surface area contributed by atoms with E-state index in [0.29, 0.717) is 5.92 Å². The normalized spacial score (nSPS) is 17.1. The molecule has 2 heterocycles. The van der Waals surface area contributed by atoms with Gasteiger partial charge in [0.05, 0.1) is 0 Å². The maximum absolute atomic E-state index is 3.69. The molecule has 0 spiro atoms. The molecule has 0 aromatic heterocycles. The highest BCUT2D eigenvalue weighted by atomic mass is 15.1. The molecule has 3 aromatic carbocycles. The van der Waals surface area contributed by atoms with Crippen molar-refractivity contribution in [3.63, 3.8) is 0 Å². The minimum absolute atomic E-state index is 0.422. The minimum atomic E-state index is 0.422. The standard InChI is InChI=1S/C33H41N3/c1-3-11-29(12-4-1)33(30-13-5-2-6-14-30)27-36-22-17-28(18-23-36)25-31-15-7-8-16-32(31)26-34-19-24-35-20-9-10-21-35/h1-8,11-16,25,33-34H,9-10,17-24,26-27H2. The Labute approximate surface area is 217 Å². The van der Waals surface area contributed by atoms with Crippen LogP contribution in [0.15, 0.2) is 90.5 Å². The van der Waals surface area contributed by atoms with Crippen LogP contribution in [0.25, 0.3) is 6.08 Å². The minimum Gasteiger partial charge on any atom is -0.311 e. The molecular formula is C33H41N3. The van der Waals surface area contributed by atoms with E-state index < -0.39 is 0 Å². The van der Waals surface area contributed by atoms with Gasteiger partial charge in [-0.3, -0.25) is 0 Å². The molecule has 1 N–H and O–H groups in total. The lowest BCUT2D eigenvalue weighted by atomic mass is 9.90. The molecule has 0 aliphatic carbocycles. The lowest BCUT2D eigenvalue weighted by molar-refractivity contribution is 0.249. The average molecular weight is 480 g/mol. The van der Waals surface area contributed by atoms with Gasteiger partial charge in [-0.15, -0.1) is 0 Å². The van der Waals surface area contributed by atoms with Crippen LogP contribution in [0.1, 0.15) is 53.9 Å². The van der Waals surface area contributed by atoms with Crippen LogP contribution in [0, 0.1) is 0 Å². The molecule has 2 aliphatic rings. The van der Waals surface area contributed by atoms with Crippen LogP contribution < -0.4 is 5.32 Å². The molecule has 2 fully saturated rings. The third-order valence-electron chi connectivity index (χ3n) is 7.88. The van der Waals surface area contributed by atoms with E-state index in [2.05, 4.69) is 106 Å². The zero-order valence-electron chi connectivity index (χ0n) is 21.6. The van der Waals surface area contributed by atoms with Crippen LogP contribution >= 0.6 is 0 Å². The maximum Gasteiger partial charge on any atom is 0.0217 e. The van der Waals surface area contributed by atoms with Crippen molar-refractivity contribution in [2.24, 2.45) is 0 Å². The van der Waals surface area contributed by atoms with Crippen LogP contribution in [0.4, 0.5) is 0 Å². The summed E-state index contributed by atoms with van der Waals surface area (Å²) >= 11 is 0. The number of benzene rings is 3. The summed E-state index contributed by atoms with van der Waals surface area (Å²) in [4.78, 5) is 5.24. The van der Waals surface area contributed by atoms with Gasteiger partial charge in [0.15, 0.2) is 0 Å². The van der Waals surface area contributed by atoms with Crippen LogP contribution in [0.2, 0.25) is 0 Å². The van der Waals surface area contributed by atoms with Crippen molar-refractivity contribution in [3.05, 3.63) is 113 Å². The molecule has 3 aromatic rings. The third kappa shape index (κ3) is 6.94. The summed E-state index contributed by atoms with van der Waals surface area (Å²) in [6.45, 7) is 9.11. The highest BCUT2D eigenvalue weighted by Gasteiger charge is 2.21. The second kappa shape index (κ2) is 13.0. The monoisotopic (exact) mass is 479 g/mol. The first-order chi connectivity index (χ1) is 17.8. The number of piperidine rings is 1. The van der Waals surface area contributed by atoms with Crippen LogP contribution in [-0.2, 0) is 6.54 Å². The van der Waals surface area contributed by atoms with E-state index in [-0.39, 0.29) is 0 Å². The van der Waals surface area contributed by atoms with Gasteiger partial charge >= 0.3 is 0 Å². The van der Waals surface area contributed by atoms with E-state index in [1.165, 1.54) is 54.7 Å². The van der Waals surface area contributed by atoms with Gasteiger partial charge in [0.25, 0.3) is 0 Å². The number of rotatable bonds is 10. The molecule has 0 atom stereocenters. The molecule has 0 radical (unpaired) electrons. The molecule has 2 aliphatic heterocycles. The Morgan fingerprint density at radius 1 is 0.694 bits per heavy atom. The molecule has 0 unspecified atom stereocenters. The largest absolute Gasteiger partial charge is 0.311 e. The highest BCUT2D eigenvalue weighted by Crippen LogP contribution is 2.28. The molecule has 36 heavy (non-hydrogen) atoms. The van der Waals surface area contributed by atoms with Gasteiger partial charge in [0.2, 0.25) is 0 Å². The highest BCUT2D eigenvalue weighted by molar-refractivity contribution is 5.57. The maximum atomic E-state index is 3.69. The molecule has 5 rings (SSSR count).